The second-order valence-corrected chi connectivity index (χ2v) is 0.919. The Balaban J connectivity index is 0. The highest BCUT2D eigenvalue weighted by atomic mass is 16.4. The summed E-state index contributed by atoms with van der Waals surface area (Å²) in [5, 5.41) is 20.3. The van der Waals surface area contributed by atoms with Crippen LogP contribution in [0.2, 0.25) is 0 Å². The van der Waals surface area contributed by atoms with Gasteiger partial charge < -0.3 is 10.8 Å². The predicted octanol–water partition coefficient (Wildman–Crippen LogP) is -0.349. The lowest BCUT2D eigenvalue weighted by Crippen LogP contribution is -2.33. The lowest BCUT2D eigenvalue weighted by atomic mass is 11.0. The highest BCUT2D eigenvalue weighted by molar-refractivity contribution is 5.88. The van der Waals surface area contributed by atoms with Crippen LogP contribution in [0.15, 0.2) is 0 Å². The van der Waals surface area contributed by atoms with Crippen LogP contribution in [0.4, 0.5) is 9.59 Å². The van der Waals surface area contributed by atoms with Crippen molar-refractivity contribution in [2.45, 2.75) is 0 Å². The maximum Gasteiger partial charge on any atom is 0.412 e. The number of carboxylic acid groups (broad SMARTS) is 1. The molecule has 3 amide bonds. The number of nitrogens with one attached hydrogen (secondary N) is 3. The van der Waals surface area contributed by atoms with Gasteiger partial charge in [-0.15, -0.1) is 0 Å². The average molecular weight is 146 g/mol. The largest absolute Gasteiger partial charge is 0.465 e. The molecule has 0 unspecified atom stereocenters. The van der Waals surface area contributed by atoms with E-state index in [1.165, 1.54) is 11.3 Å². The molecular weight excluding hydrogens is 140 g/mol. The summed E-state index contributed by atoms with van der Waals surface area (Å²) in [6, 6.07) is 0.187. The molecular formula is C3H6N4O3. The molecule has 0 heterocycles. The summed E-state index contributed by atoms with van der Waals surface area (Å²) >= 11 is 0. The van der Waals surface area contributed by atoms with Gasteiger partial charge >= 0.3 is 12.1 Å². The number of nitrogens with two attached hydrogens (primary N) is 1. The first-order valence-electron chi connectivity index (χ1n) is 1.92. The smallest absolute Gasteiger partial charge is 0.412 e. The van der Waals surface area contributed by atoms with E-state index in [-0.39, 0.29) is 0 Å². The Hall–Kier alpha value is -1.88. The predicted molar refractivity (Wildman–Crippen MR) is 31.2 cm³/mol. The van der Waals surface area contributed by atoms with Crippen LogP contribution in [0.1, 0.15) is 0 Å². The lowest BCUT2D eigenvalue weighted by Gasteiger charge is -1.86. The van der Waals surface area contributed by atoms with Gasteiger partial charge in [0, 0.05) is 0 Å². The third-order valence-corrected chi connectivity index (χ3v) is 0.230. The summed E-state index contributed by atoms with van der Waals surface area (Å²) in [5.41, 5.74) is 4.36. The van der Waals surface area contributed by atoms with Crippen LogP contribution in [-0.4, -0.2) is 23.2 Å². The van der Waals surface area contributed by atoms with Crippen molar-refractivity contribution in [3.8, 4) is 0 Å². The number of amides is 3. The highest BCUT2D eigenvalue weighted by Crippen LogP contribution is 1.55. The number of hydrogen-bond donors (Lipinski definition) is 5. The van der Waals surface area contributed by atoms with Gasteiger partial charge in [0.05, 0.1) is 6.01 Å². The van der Waals surface area contributed by atoms with Gasteiger partial charge in [-0.2, -0.15) is 0 Å². The Labute approximate surface area is 55.9 Å². The Bertz CT molecular complexity index is 147. The second-order valence-electron chi connectivity index (χ2n) is 0.919. The van der Waals surface area contributed by atoms with Crippen LogP contribution < -0.4 is 11.1 Å². The SMILES string of the molecule is N=C=N.NC(=O)NC(=O)O. The third kappa shape index (κ3) is 35.7. The average Bonchev–Trinajstić information content (AvgIpc) is 1.62. The van der Waals surface area contributed by atoms with E-state index < -0.39 is 12.1 Å². The summed E-state index contributed by atoms with van der Waals surface area (Å²) in [6.45, 7) is 0. The second kappa shape index (κ2) is 7.12. The quantitative estimate of drug-likeness (QED) is 0.298. The molecule has 7 nitrogen and oxygen atoms in total. The Kier molecular flexibility index (Phi) is 7.83. The molecule has 0 bridgehead atoms. The standard InChI is InChI=1S/C2H4N2O3.CH2N2/c3-1(5)4-2(6)7;2-1-3/h(H,6,7)(H3,3,4,5);2-3H. The van der Waals surface area contributed by atoms with E-state index in [4.69, 9.17) is 15.9 Å². The molecule has 0 aromatic carbocycles. The van der Waals surface area contributed by atoms with Crippen molar-refractivity contribution >= 4 is 18.1 Å². The fourth-order valence-electron chi connectivity index (χ4n) is 0.105. The van der Waals surface area contributed by atoms with Crippen LogP contribution in [0.3, 0.4) is 0 Å². The number of imide groups is 1. The van der Waals surface area contributed by atoms with Crippen molar-refractivity contribution in [1.29, 1.82) is 10.8 Å². The molecule has 0 spiro atoms. The van der Waals surface area contributed by atoms with Crippen LogP contribution in [-0.2, 0) is 0 Å². The molecule has 0 aliphatic heterocycles. The number of primary amides is 1. The van der Waals surface area contributed by atoms with E-state index in [0.29, 0.717) is 0 Å². The zero-order valence-corrected chi connectivity index (χ0v) is 4.84. The number of rotatable bonds is 0. The molecule has 0 radical (unpaired) electrons. The van der Waals surface area contributed by atoms with Crippen molar-refractivity contribution in [1.82, 2.24) is 5.32 Å². The van der Waals surface area contributed by atoms with Gasteiger partial charge in [0.25, 0.3) is 0 Å². The van der Waals surface area contributed by atoms with Crippen LogP contribution in [0.25, 0.3) is 0 Å². The summed E-state index contributed by atoms with van der Waals surface area (Å²) in [6.07, 6.45) is -1.44. The Morgan fingerprint density at radius 2 is 1.80 bits per heavy atom. The minimum atomic E-state index is -1.44. The zero-order chi connectivity index (χ0) is 8.57. The Morgan fingerprint density at radius 1 is 1.50 bits per heavy atom. The first-order chi connectivity index (χ1) is 4.54. The highest BCUT2D eigenvalue weighted by Gasteiger charge is 1.94. The van der Waals surface area contributed by atoms with E-state index in [0.717, 1.165) is 0 Å². The maximum atomic E-state index is 9.54. The minimum Gasteiger partial charge on any atom is -0.465 e. The molecule has 0 saturated heterocycles. The topological polar surface area (TPSA) is 140 Å². The van der Waals surface area contributed by atoms with E-state index in [2.05, 4.69) is 5.73 Å². The van der Waals surface area contributed by atoms with Gasteiger partial charge in [-0.1, -0.05) is 0 Å². The van der Waals surface area contributed by atoms with E-state index in [9.17, 15) is 9.59 Å². The van der Waals surface area contributed by atoms with Gasteiger partial charge in [-0.25, -0.2) is 25.7 Å². The lowest BCUT2D eigenvalue weighted by molar-refractivity contribution is 0.193. The fourth-order valence-corrected chi connectivity index (χ4v) is 0.105. The van der Waals surface area contributed by atoms with Gasteiger partial charge in [0.15, 0.2) is 0 Å². The number of carbonyl (C=O) groups is 2. The molecule has 7 heteroatoms. The first-order valence-corrected chi connectivity index (χ1v) is 1.92. The zero-order valence-electron chi connectivity index (χ0n) is 4.84. The molecule has 6 N–H and O–H groups in total. The van der Waals surface area contributed by atoms with Gasteiger partial charge in [0.2, 0.25) is 0 Å². The molecule has 0 fully saturated rings. The van der Waals surface area contributed by atoms with Crippen molar-refractivity contribution in [3.63, 3.8) is 0 Å². The van der Waals surface area contributed by atoms with Gasteiger partial charge in [0.1, 0.15) is 0 Å². The molecule has 0 aliphatic carbocycles. The summed E-state index contributed by atoms with van der Waals surface area (Å²) in [5.74, 6) is 0. The third-order valence-electron chi connectivity index (χ3n) is 0.230. The monoisotopic (exact) mass is 146 g/mol. The van der Waals surface area contributed by atoms with Crippen LogP contribution >= 0.6 is 0 Å². The van der Waals surface area contributed by atoms with E-state index in [1.54, 1.807) is 0 Å². The van der Waals surface area contributed by atoms with Gasteiger partial charge in [-0.05, 0) is 0 Å². The van der Waals surface area contributed by atoms with Crippen molar-refractivity contribution in [2.75, 3.05) is 0 Å². The number of carbonyl (C=O) groups excluding carboxylic acids is 1. The van der Waals surface area contributed by atoms with Crippen molar-refractivity contribution < 1.29 is 14.7 Å². The normalized spacial score (nSPS) is 6.00. The van der Waals surface area contributed by atoms with Crippen molar-refractivity contribution in [2.24, 2.45) is 5.73 Å². The Morgan fingerprint density at radius 3 is 1.80 bits per heavy atom. The molecule has 0 aliphatic rings. The molecule has 0 aromatic rings. The maximum absolute atomic E-state index is 9.54. The van der Waals surface area contributed by atoms with Crippen molar-refractivity contribution in [3.05, 3.63) is 0 Å². The first kappa shape index (κ1) is 11.0. The molecule has 56 valence electrons. The van der Waals surface area contributed by atoms with E-state index in [1.807, 2.05) is 0 Å². The minimum absolute atomic E-state index is 1.06. The van der Waals surface area contributed by atoms with Crippen LogP contribution in [0.5, 0.6) is 0 Å². The summed E-state index contributed by atoms with van der Waals surface area (Å²) in [7, 11) is 0. The molecule has 10 heavy (non-hydrogen) atoms. The number of urea groups is 1. The van der Waals surface area contributed by atoms with Gasteiger partial charge in [-0.3, -0.25) is 0 Å². The fraction of sp³-hybridized carbons (Fsp3) is 0. The molecule has 0 aromatic heterocycles. The molecule has 0 atom stereocenters. The molecule has 0 saturated carbocycles. The van der Waals surface area contributed by atoms with Crippen LogP contribution in [0, 0.1) is 10.8 Å². The number of hydrogen-bond acceptors (Lipinski definition) is 4. The van der Waals surface area contributed by atoms with E-state index >= 15 is 0 Å². The summed E-state index contributed by atoms with van der Waals surface area (Å²) in [4.78, 5) is 18.9. The molecule has 0 rings (SSSR count). The summed E-state index contributed by atoms with van der Waals surface area (Å²) < 4.78 is 0.